The molecule has 1 rings (SSSR count). The van der Waals surface area contributed by atoms with E-state index in [0.29, 0.717) is 35.3 Å². The van der Waals surface area contributed by atoms with Crippen molar-refractivity contribution in [3.63, 3.8) is 0 Å². The van der Waals surface area contributed by atoms with Crippen molar-refractivity contribution < 1.29 is 27.4 Å². The normalized spacial score (nSPS) is 13.5. The Morgan fingerprint density at radius 3 is 2.61 bits per heavy atom. The van der Waals surface area contributed by atoms with Gasteiger partial charge in [-0.2, -0.15) is 0 Å². The molecule has 0 bridgehead atoms. The molecular formula is C16H17F3O3S. The molecule has 0 aliphatic heterocycles. The Morgan fingerprint density at radius 1 is 1.39 bits per heavy atom. The summed E-state index contributed by atoms with van der Waals surface area (Å²) >= 11 is 5.22. The van der Waals surface area contributed by atoms with E-state index in [-0.39, 0.29) is 11.7 Å². The van der Waals surface area contributed by atoms with Crippen LogP contribution in [0.4, 0.5) is 13.2 Å². The number of allylic oxidation sites excluding steroid dienone is 2. The predicted molar refractivity (Wildman–Crippen MR) is 85.4 cm³/mol. The molecular weight excluding hydrogens is 329 g/mol. The SMILES string of the molecule is COCCC(C(C)=S)/C(=C\C=O)c1cccc(OC(F)(F)F)c1. The van der Waals surface area contributed by atoms with E-state index in [9.17, 15) is 18.0 Å². The van der Waals surface area contributed by atoms with Crippen molar-refractivity contribution in [1.82, 2.24) is 0 Å². The summed E-state index contributed by atoms with van der Waals surface area (Å²) < 4.78 is 46.0. The highest BCUT2D eigenvalue weighted by molar-refractivity contribution is 7.80. The Hall–Kier alpha value is -1.73. The van der Waals surface area contributed by atoms with Crippen molar-refractivity contribution in [1.29, 1.82) is 0 Å². The van der Waals surface area contributed by atoms with Crippen molar-refractivity contribution in [2.75, 3.05) is 13.7 Å². The Morgan fingerprint density at radius 2 is 2.09 bits per heavy atom. The number of thiocarbonyl (C=S) groups is 1. The summed E-state index contributed by atoms with van der Waals surface area (Å²) in [6.45, 7) is 2.14. The Kier molecular flexibility index (Phi) is 7.38. The van der Waals surface area contributed by atoms with Gasteiger partial charge in [0.2, 0.25) is 0 Å². The van der Waals surface area contributed by atoms with Crippen LogP contribution in [-0.2, 0) is 9.53 Å². The molecule has 0 aliphatic rings. The molecule has 0 spiro atoms. The first kappa shape index (κ1) is 19.3. The Labute approximate surface area is 138 Å². The topological polar surface area (TPSA) is 35.5 Å². The zero-order valence-corrected chi connectivity index (χ0v) is 13.5. The molecule has 0 heterocycles. The molecule has 126 valence electrons. The first-order chi connectivity index (χ1) is 10.8. The largest absolute Gasteiger partial charge is 0.573 e. The second-order valence-corrected chi connectivity index (χ2v) is 5.42. The van der Waals surface area contributed by atoms with Crippen LogP contribution in [0.2, 0.25) is 0 Å². The number of halogens is 3. The van der Waals surface area contributed by atoms with Crippen molar-refractivity contribution >= 4 is 28.9 Å². The predicted octanol–water partition coefficient (Wildman–Crippen LogP) is 4.21. The standard InChI is InChI=1S/C16H17F3O3S/c1-11(23)14(7-9-21-2)15(6-8-20)12-4-3-5-13(10-12)22-16(17,18)19/h3-6,8,10,14H,7,9H2,1-2H3/b15-6-. The van der Waals surface area contributed by atoms with Crippen LogP contribution < -0.4 is 4.74 Å². The highest BCUT2D eigenvalue weighted by atomic mass is 32.1. The van der Waals surface area contributed by atoms with Crippen molar-refractivity contribution in [2.45, 2.75) is 19.7 Å². The number of carbonyl (C=O) groups excluding carboxylic acids is 1. The van der Waals surface area contributed by atoms with Gasteiger partial charge < -0.3 is 9.47 Å². The van der Waals surface area contributed by atoms with Gasteiger partial charge in [-0.15, -0.1) is 13.2 Å². The fraction of sp³-hybridized carbons (Fsp3) is 0.375. The zero-order chi connectivity index (χ0) is 17.5. The molecule has 7 heteroatoms. The summed E-state index contributed by atoms with van der Waals surface area (Å²) in [4.78, 5) is 11.6. The van der Waals surface area contributed by atoms with Crippen LogP contribution in [0, 0.1) is 5.92 Å². The van der Waals surface area contributed by atoms with Gasteiger partial charge in [-0.05, 0) is 47.6 Å². The molecule has 0 aromatic heterocycles. The van der Waals surface area contributed by atoms with Crippen molar-refractivity contribution in [2.24, 2.45) is 5.92 Å². The van der Waals surface area contributed by atoms with E-state index in [1.807, 2.05) is 0 Å². The van der Waals surface area contributed by atoms with Gasteiger partial charge in [0.15, 0.2) is 0 Å². The molecule has 0 saturated carbocycles. The molecule has 0 radical (unpaired) electrons. The van der Waals surface area contributed by atoms with Crippen LogP contribution >= 0.6 is 12.2 Å². The summed E-state index contributed by atoms with van der Waals surface area (Å²) in [5.74, 6) is -0.629. The molecule has 1 aromatic rings. The molecule has 0 aliphatic carbocycles. The Bertz CT molecular complexity index is 582. The van der Waals surface area contributed by atoms with Gasteiger partial charge in [0.05, 0.1) is 0 Å². The van der Waals surface area contributed by atoms with Crippen LogP contribution in [0.5, 0.6) is 5.75 Å². The van der Waals surface area contributed by atoms with Gasteiger partial charge in [-0.25, -0.2) is 0 Å². The maximum atomic E-state index is 12.3. The van der Waals surface area contributed by atoms with E-state index in [1.165, 1.54) is 31.4 Å². The molecule has 3 nitrogen and oxygen atoms in total. The van der Waals surface area contributed by atoms with Gasteiger partial charge in [0.25, 0.3) is 0 Å². The number of hydrogen-bond donors (Lipinski definition) is 0. The number of benzene rings is 1. The minimum atomic E-state index is -4.78. The van der Waals surface area contributed by atoms with Crippen molar-refractivity contribution in [3.8, 4) is 5.75 Å². The molecule has 1 atom stereocenters. The van der Waals surface area contributed by atoms with Gasteiger partial charge in [-0.3, -0.25) is 4.79 Å². The third kappa shape index (κ3) is 6.50. The summed E-state index contributed by atoms with van der Waals surface area (Å²) in [7, 11) is 1.54. The van der Waals surface area contributed by atoms with Crippen LogP contribution in [0.15, 0.2) is 30.3 Å². The number of aldehydes is 1. The second kappa shape index (κ2) is 8.79. The van der Waals surface area contributed by atoms with Gasteiger partial charge in [0.1, 0.15) is 12.0 Å². The smallest absolute Gasteiger partial charge is 0.406 e. The van der Waals surface area contributed by atoms with Gasteiger partial charge in [0, 0.05) is 19.6 Å². The minimum absolute atomic E-state index is 0.281. The highest BCUT2D eigenvalue weighted by Gasteiger charge is 2.31. The monoisotopic (exact) mass is 346 g/mol. The average molecular weight is 346 g/mol. The van der Waals surface area contributed by atoms with E-state index in [4.69, 9.17) is 17.0 Å². The van der Waals surface area contributed by atoms with Crippen LogP contribution in [0.1, 0.15) is 18.9 Å². The highest BCUT2D eigenvalue weighted by Crippen LogP contribution is 2.31. The van der Waals surface area contributed by atoms with Gasteiger partial charge in [-0.1, -0.05) is 24.4 Å². The third-order valence-electron chi connectivity index (χ3n) is 3.13. The lowest BCUT2D eigenvalue weighted by Crippen LogP contribution is -2.17. The van der Waals surface area contributed by atoms with Crippen LogP contribution in [0.25, 0.3) is 5.57 Å². The molecule has 1 unspecified atom stereocenters. The first-order valence-corrected chi connectivity index (χ1v) is 7.20. The second-order valence-electron chi connectivity index (χ2n) is 4.78. The fourth-order valence-corrected chi connectivity index (χ4v) is 2.42. The van der Waals surface area contributed by atoms with Crippen LogP contribution in [0.3, 0.4) is 0 Å². The Balaban J connectivity index is 3.19. The number of alkyl halides is 3. The average Bonchev–Trinajstić information content (AvgIpc) is 2.44. The lowest BCUT2D eigenvalue weighted by atomic mass is 9.87. The van der Waals surface area contributed by atoms with E-state index in [0.717, 1.165) is 0 Å². The molecule has 23 heavy (non-hydrogen) atoms. The maximum absolute atomic E-state index is 12.3. The quantitative estimate of drug-likeness (QED) is 0.401. The molecule has 0 fully saturated rings. The third-order valence-corrected chi connectivity index (χ3v) is 3.41. The van der Waals surface area contributed by atoms with Crippen molar-refractivity contribution in [3.05, 3.63) is 35.9 Å². The van der Waals surface area contributed by atoms with E-state index >= 15 is 0 Å². The molecule has 1 aromatic carbocycles. The number of rotatable bonds is 8. The summed E-state index contributed by atoms with van der Waals surface area (Å²) in [6.07, 6.45) is -2.36. The molecule has 0 amide bonds. The number of carbonyl (C=O) groups is 1. The first-order valence-electron chi connectivity index (χ1n) is 6.79. The number of ether oxygens (including phenoxy) is 2. The lowest BCUT2D eigenvalue weighted by Gasteiger charge is -2.20. The van der Waals surface area contributed by atoms with E-state index in [2.05, 4.69) is 4.74 Å². The number of hydrogen-bond acceptors (Lipinski definition) is 4. The summed E-state index contributed by atoms with van der Waals surface area (Å²) in [6, 6.07) is 5.47. The lowest BCUT2D eigenvalue weighted by molar-refractivity contribution is -0.274. The van der Waals surface area contributed by atoms with Crippen LogP contribution in [-0.4, -0.2) is 31.2 Å². The summed E-state index contributed by atoms with van der Waals surface area (Å²) in [5.41, 5.74) is 0.987. The van der Waals surface area contributed by atoms with E-state index < -0.39 is 6.36 Å². The maximum Gasteiger partial charge on any atom is 0.573 e. The molecule has 0 N–H and O–H groups in total. The zero-order valence-electron chi connectivity index (χ0n) is 12.7. The number of methoxy groups -OCH3 is 1. The summed E-state index contributed by atoms with van der Waals surface area (Å²) in [5, 5.41) is 0. The van der Waals surface area contributed by atoms with Gasteiger partial charge >= 0.3 is 6.36 Å². The fourth-order valence-electron chi connectivity index (χ4n) is 2.17. The molecule has 0 saturated heterocycles. The van der Waals surface area contributed by atoms with E-state index in [1.54, 1.807) is 13.0 Å². The minimum Gasteiger partial charge on any atom is -0.406 e.